The number of carbonyl (C=O) groups is 1. The maximum atomic E-state index is 11.9. The first kappa shape index (κ1) is 10.8. The first-order chi connectivity index (χ1) is 8.84. The van der Waals surface area contributed by atoms with Crippen LogP contribution in [0.1, 0.15) is 28.7 Å². The molecule has 0 saturated heterocycles. The predicted octanol–water partition coefficient (Wildman–Crippen LogP) is 1.93. The van der Waals surface area contributed by atoms with E-state index in [1.54, 1.807) is 18.3 Å². The molecule has 18 heavy (non-hydrogen) atoms. The summed E-state index contributed by atoms with van der Waals surface area (Å²) in [6.07, 6.45) is 3.88. The Hall–Kier alpha value is -2.30. The summed E-state index contributed by atoms with van der Waals surface area (Å²) in [5.74, 6) is 0.802. The number of hydrogen-bond donors (Lipinski definition) is 1. The van der Waals surface area contributed by atoms with E-state index in [-0.39, 0.29) is 11.9 Å². The number of hydrogen-bond acceptors (Lipinski definition) is 4. The van der Waals surface area contributed by atoms with Crippen molar-refractivity contribution in [3.05, 3.63) is 48.2 Å². The van der Waals surface area contributed by atoms with Crippen LogP contribution in [-0.4, -0.2) is 17.5 Å². The number of carbonyl (C=O) groups excluding carboxylic acids is 1. The lowest BCUT2D eigenvalue weighted by molar-refractivity contribution is 0.0895. The minimum Gasteiger partial charge on any atom is -0.491 e. The molecule has 2 aromatic heterocycles. The standard InChI is InChI=1S/C13H12N2O3/c16-13(11-4-2-7-17-11)15-9-5-8-18-10-3-1-6-14-12(9)10/h1-4,6-7,9H,5,8H2,(H,15,16). The minimum atomic E-state index is -0.233. The van der Waals surface area contributed by atoms with E-state index < -0.39 is 0 Å². The van der Waals surface area contributed by atoms with Crippen molar-refractivity contribution >= 4 is 5.91 Å². The van der Waals surface area contributed by atoms with Gasteiger partial charge in [0.15, 0.2) is 5.76 Å². The lowest BCUT2D eigenvalue weighted by Gasteiger charge is -2.25. The zero-order chi connectivity index (χ0) is 12.4. The molecule has 1 N–H and O–H groups in total. The fourth-order valence-electron chi connectivity index (χ4n) is 1.99. The van der Waals surface area contributed by atoms with Gasteiger partial charge in [-0.1, -0.05) is 0 Å². The molecular weight excluding hydrogens is 232 g/mol. The van der Waals surface area contributed by atoms with Crippen LogP contribution in [0.5, 0.6) is 5.75 Å². The first-order valence-corrected chi connectivity index (χ1v) is 5.76. The molecule has 0 saturated carbocycles. The lowest BCUT2D eigenvalue weighted by Crippen LogP contribution is -2.32. The van der Waals surface area contributed by atoms with Gasteiger partial charge in [-0.25, -0.2) is 0 Å². The Bertz CT molecular complexity index is 551. The van der Waals surface area contributed by atoms with Crippen molar-refractivity contribution < 1.29 is 13.9 Å². The van der Waals surface area contributed by atoms with E-state index in [1.807, 2.05) is 12.1 Å². The van der Waals surface area contributed by atoms with Crippen molar-refractivity contribution in [1.29, 1.82) is 0 Å². The Kier molecular flexibility index (Phi) is 2.72. The van der Waals surface area contributed by atoms with E-state index in [9.17, 15) is 4.79 Å². The van der Waals surface area contributed by atoms with Crippen LogP contribution in [0.15, 0.2) is 41.1 Å². The number of aromatic nitrogens is 1. The van der Waals surface area contributed by atoms with Gasteiger partial charge in [0, 0.05) is 12.6 Å². The van der Waals surface area contributed by atoms with E-state index in [1.165, 1.54) is 6.26 Å². The van der Waals surface area contributed by atoms with E-state index in [0.29, 0.717) is 18.8 Å². The van der Waals surface area contributed by atoms with Crippen molar-refractivity contribution in [3.8, 4) is 5.75 Å². The number of rotatable bonds is 2. The van der Waals surface area contributed by atoms with Gasteiger partial charge >= 0.3 is 0 Å². The average molecular weight is 244 g/mol. The summed E-state index contributed by atoms with van der Waals surface area (Å²) in [6, 6.07) is 6.86. The van der Waals surface area contributed by atoms with Gasteiger partial charge < -0.3 is 14.5 Å². The molecular formula is C13H12N2O3. The number of pyridine rings is 1. The summed E-state index contributed by atoms with van der Waals surface area (Å²) in [5, 5.41) is 2.90. The van der Waals surface area contributed by atoms with Crippen molar-refractivity contribution in [2.75, 3.05) is 6.61 Å². The van der Waals surface area contributed by atoms with Gasteiger partial charge in [-0.05, 0) is 24.3 Å². The van der Waals surface area contributed by atoms with Crippen LogP contribution in [0.3, 0.4) is 0 Å². The van der Waals surface area contributed by atoms with Crippen LogP contribution >= 0.6 is 0 Å². The monoisotopic (exact) mass is 244 g/mol. The van der Waals surface area contributed by atoms with Gasteiger partial charge in [-0.15, -0.1) is 0 Å². The Morgan fingerprint density at radius 1 is 1.39 bits per heavy atom. The van der Waals surface area contributed by atoms with Crippen LogP contribution in [0.25, 0.3) is 0 Å². The fraction of sp³-hybridized carbons (Fsp3) is 0.231. The van der Waals surface area contributed by atoms with Crippen LogP contribution in [0.2, 0.25) is 0 Å². The van der Waals surface area contributed by atoms with Crippen molar-refractivity contribution in [1.82, 2.24) is 10.3 Å². The highest BCUT2D eigenvalue weighted by molar-refractivity contribution is 5.91. The Morgan fingerprint density at radius 3 is 3.17 bits per heavy atom. The number of fused-ring (bicyclic) bond motifs is 1. The predicted molar refractivity (Wildman–Crippen MR) is 63.3 cm³/mol. The highest BCUT2D eigenvalue weighted by Crippen LogP contribution is 2.29. The van der Waals surface area contributed by atoms with Gasteiger partial charge in [0.25, 0.3) is 5.91 Å². The summed E-state index contributed by atoms with van der Waals surface area (Å²) in [4.78, 5) is 16.2. The van der Waals surface area contributed by atoms with Gasteiger partial charge in [0.05, 0.1) is 18.9 Å². The molecule has 0 fully saturated rings. The molecule has 92 valence electrons. The Labute approximate surface area is 104 Å². The average Bonchev–Trinajstić information content (AvgIpc) is 2.93. The number of amides is 1. The normalized spacial score (nSPS) is 17.7. The summed E-state index contributed by atoms with van der Waals surface area (Å²) >= 11 is 0. The number of ether oxygens (including phenoxy) is 1. The maximum Gasteiger partial charge on any atom is 0.287 e. The van der Waals surface area contributed by atoms with Crippen LogP contribution in [0, 0.1) is 0 Å². The van der Waals surface area contributed by atoms with Gasteiger partial charge in [0.2, 0.25) is 0 Å². The maximum absolute atomic E-state index is 11.9. The largest absolute Gasteiger partial charge is 0.491 e. The molecule has 5 nitrogen and oxygen atoms in total. The van der Waals surface area contributed by atoms with E-state index in [0.717, 1.165) is 11.4 Å². The second-order valence-electron chi connectivity index (χ2n) is 4.03. The summed E-state index contributed by atoms with van der Waals surface area (Å²) in [6.45, 7) is 0.571. The summed E-state index contributed by atoms with van der Waals surface area (Å²) in [7, 11) is 0. The topological polar surface area (TPSA) is 64.4 Å². The minimum absolute atomic E-state index is 0.132. The lowest BCUT2D eigenvalue weighted by atomic mass is 10.1. The number of nitrogens with one attached hydrogen (secondary N) is 1. The molecule has 1 aliphatic heterocycles. The molecule has 3 rings (SSSR count). The molecule has 2 aromatic rings. The van der Waals surface area contributed by atoms with Gasteiger partial charge in [0.1, 0.15) is 11.4 Å². The zero-order valence-electron chi connectivity index (χ0n) is 9.63. The molecule has 0 bridgehead atoms. The highest BCUT2D eigenvalue weighted by atomic mass is 16.5. The van der Waals surface area contributed by atoms with Crippen LogP contribution < -0.4 is 10.1 Å². The Morgan fingerprint density at radius 2 is 2.33 bits per heavy atom. The molecule has 3 heterocycles. The quantitative estimate of drug-likeness (QED) is 0.876. The number of nitrogens with zero attached hydrogens (tertiary/aromatic N) is 1. The second-order valence-corrected chi connectivity index (χ2v) is 4.03. The van der Waals surface area contributed by atoms with Gasteiger partial charge in [-0.3, -0.25) is 9.78 Å². The van der Waals surface area contributed by atoms with E-state index in [4.69, 9.17) is 9.15 Å². The third-order valence-corrected chi connectivity index (χ3v) is 2.84. The second kappa shape index (κ2) is 4.52. The third-order valence-electron chi connectivity index (χ3n) is 2.84. The third kappa shape index (κ3) is 1.95. The molecule has 0 aliphatic carbocycles. The van der Waals surface area contributed by atoms with E-state index in [2.05, 4.69) is 10.3 Å². The molecule has 1 aliphatic rings. The van der Waals surface area contributed by atoms with Crippen LogP contribution in [-0.2, 0) is 0 Å². The highest BCUT2D eigenvalue weighted by Gasteiger charge is 2.25. The molecule has 5 heteroatoms. The Balaban J connectivity index is 1.80. The van der Waals surface area contributed by atoms with Crippen molar-refractivity contribution in [2.45, 2.75) is 12.5 Å². The SMILES string of the molecule is O=C(NC1CCOc2cccnc21)c1ccco1. The van der Waals surface area contributed by atoms with Crippen molar-refractivity contribution in [3.63, 3.8) is 0 Å². The zero-order valence-corrected chi connectivity index (χ0v) is 9.63. The number of furan rings is 1. The fourth-order valence-corrected chi connectivity index (χ4v) is 1.99. The molecule has 0 radical (unpaired) electrons. The summed E-state index contributed by atoms with van der Waals surface area (Å²) < 4.78 is 10.5. The van der Waals surface area contributed by atoms with Crippen molar-refractivity contribution in [2.24, 2.45) is 0 Å². The molecule has 1 amide bonds. The molecule has 1 unspecified atom stereocenters. The van der Waals surface area contributed by atoms with Gasteiger partial charge in [-0.2, -0.15) is 0 Å². The van der Waals surface area contributed by atoms with E-state index >= 15 is 0 Å². The van der Waals surface area contributed by atoms with Crippen LogP contribution in [0.4, 0.5) is 0 Å². The molecule has 0 aromatic carbocycles. The smallest absolute Gasteiger partial charge is 0.287 e. The molecule has 1 atom stereocenters. The first-order valence-electron chi connectivity index (χ1n) is 5.76. The molecule has 0 spiro atoms. The summed E-state index contributed by atoms with van der Waals surface area (Å²) in [5.41, 5.74) is 0.767.